The average Bonchev–Trinajstić information content (AvgIpc) is 3.41. The molecule has 2 aromatic heterocycles. The van der Waals surface area contributed by atoms with Crippen LogP contribution in [0.2, 0.25) is 0 Å². The number of aryl methyl sites for hydroxylation is 1. The molecule has 1 atom stereocenters. The van der Waals surface area contributed by atoms with Gasteiger partial charge in [-0.2, -0.15) is 5.10 Å². The van der Waals surface area contributed by atoms with Crippen LogP contribution in [-0.4, -0.2) is 45.7 Å². The van der Waals surface area contributed by atoms with Crippen molar-refractivity contribution in [2.45, 2.75) is 25.7 Å². The first-order valence-electron chi connectivity index (χ1n) is 9.22. The lowest BCUT2D eigenvalue weighted by Gasteiger charge is -2.15. The number of thiazole rings is 1. The number of rotatable bonds is 6. The Hall–Kier alpha value is -2.74. The predicted octanol–water partition coefficient (Wildman–Crippen LogP) is 3.56. The van der Waals surface area contributed by atoms with Gasteiger partial charge < -0.3 is 9.64 Å². The molecule has 0 bridgehead atoms. The number of likely N-dealkylation sites (tertiary alicyclic amines) is 1. The molecule has 1 aromatic carbocycles. The maximum atomic E-state index is 13.2. The smallest absolute Gasteiger partial charge is 0.265 e. The Balaban J connectivity index is 1.31. The molecule has 1 aliphatic rings. The zero-order valence-corrected chi connectivity index (χ0v) is 16.3. The lowest BCUT2D eigenvalue weighted by Crippen LogP contribution is -2.28. The number of amides is 1. The van der Waals surface area contributed by atoms with Crippen molar-refractivity contribution in [1.82, 2.24) is 20.1 Å². The highest BCUT2D eigenvalue weighted by Crippen LogP contribution is 2.28. The molecule has 1 saturated heterocycles. The number of H-pyrrole nitrogens is 1. The molecule has 6 nitrogen and oxygen atoms in total. The van der Waals surface area contributed by atoms with Gasteiger partial charge >= 0.3 is 0 Å². The third kappa shape index (κ3) is 4.06. The summed E-state index contributed by atoms with van der Waals surface area (Å²) in [6, 6.07) is 8.15. The SMILES string of the molecule is Cc1ncsc1C(=O)N1CCC(c2cc(CCOc3cccc(F)c3)[nH]n2)C1. The molecule has 1 fully saturated rings. The molecular formula is C20H21FN4O2S. The second-order valence-electron chi connectivity index (χ2n) is 6.88. The number of carbonyl (C=O) groups is 1. The number of nitrogens with one attached hydrogen (secondary N) is 1. The van der Waals surface area contributed by atoms with Crippen LogP contribution in [0.15, 0.2) is 35.8 Å². The van der Waals surface area contributed by atoms with Gasteiger partial charge in [0.25, 0.3) is 5.91 Å². The van der Waals surface area contributed by atoms with Gasteiger partial charge in [0.15, 0.2) is 0 Å². The third-order valence-corrected chi connectivity index (χ3v) is 5.84. The number of benzene rings is 1. The van der Waals surface area contributed by atoms with Crippen LogP contribution in [0.5, 0.6) is 5.75 Å². The minimum atomic E-state index is -0.310. The summed E-state index contributed by atoms with van der Waals surface area (Å²) < 4.78 is 18.7. The molecule has 0 saturated carbocycles. The molecule has 8 heteroatoms. The van der Waals surface area contributed by atoms with E-state index in [1.165, 1.54) is 23.5 Å². The van der Waals surface area contributed by atoms with Crippen molar-refractivity contribution in [2.75, 3.05) is 19.7 Å². The van der Waals surface area contributed by atoms with Crippen molar-refractivity contribution < 1.29 is 13.9 Å². The molecule has 1 amide bonds. The highest BCUT2D eigenvalue weighted by Gasteiger charge is 2.30. The molecule has 146 valence electrons. The lowest BCUT2D eigenvalue weighted by molar-refractivity contribution is 0.0794. The summed E-state index contributed by atoms with van der Waals surface area (Å²) in [5.41, 5.74) is 4.44. The number of halogens is 1. The first kappa shape index (κ1) is 18.6. The van der Waals surface area contributed by atoms with Crippen LogP contribution in [0.4, 0.5) is 4.39 Å². The standard InChI is InChI=1S/C20H21FN4O2S/c1-13-19(28-12-22-13)20(26)25-7-5-14(11-25)18-10-16(23-24-18)6-8-27-17-4-2-3-15(21)9-17/h2-4,9-10,12,14H,5-8,11H2,1H3,(H,23,24). The Morgan fingerprint density at radius 2 is 2.32 bits per heavy atom. The van der Waals surface area contributed by atoms with Gasteiger partial charge in [-0.15, -0.1) is 11.3 Å². The third-order valence-electron chi connectivity index (χ3n) is 4.92. The first-order valence-corrected chi connectivity index (χ1v) is 10.1. The van der Waals surface area contributed by atoms with Crippen molar-refractivity contribution in [3.63, 3.8) is 0 Å². The zero-order chi connectivity index (χ0) is 19.5. The Morgan fingerprint density at radius 3 is 3.11 bits per heavy atom. The monoisotopic (exact) mass is 400 g/mol. The number of carbonyl (C=O) groups excluding carboxylic acids is 1. The Morgan fingerprint density at radius 1 is 1.43 bits per heavy atom. The van der Waals surface area contributed by atoms with Gasteiger partial charge in [-0.25, -0.2) is 9.37 Å². The molecule has 1 N–H and O–H groups in total. The van der Waals surface area contributed by atoms with E-state index in [9.17, 15) is 9.18 Å². The van der Waals surface area contributed by atoms with Crippen molar-refractivity contribution in [1.29, 1.82) is 0 Å². The van der Waals surface area contributed by atoms with Crippen LogP contribution >= 0.6 is 11.3 Å². The number of nitrogens with zero attached hydrogens (tertiary/aromatic N) is 3. The maximum Gasteiger partial charge on any atom is 0.265 e. The Bertz CT molecular complexity index is 971. The van der Waals surface area contributed by atoms with E-state index in [1.54, 1.807) is 17.6 Å². The fourth-order valence-corrected chi connectivity index (χ4v) is 4.16. The van der Waals surface area contributed by atoms with Gasteiger partial charge in [-0.3, -0.25) is 9.89 Å². The summed E-state index contributed by atoms with van der Waals surface area (Å²) in [5.74, 6) is 0.492. The molecule has 0 radical (unpaired) electrons. The van der Waals surface area contributed by atoms with Gasteiger partial charge in [0.1, 0.15) is 16.4 Å². The van der Waals surface area contributed by atoms with Gasteiger partial charge in [0, 0.05) is 37.2 Å². The van der Waals surface area contributed by atoms with E-state index in [0.29, 0.717) is 25.3 Å². The Kier molecular flexibility index (Phi) is 5.38. The number of aromatic nitrogens is 3. The molecule has 0 spiro atoms. The van der Waals surface area contributed by atoms with E-state index >= 15 is 0 Å². The van der Waals surface area contributed by atoms with Crippen LogP contribution in [0, 0.1) is 12.7 Å². The van der Waals surface area contributed by atoms with E-state index < -0.39 is 0 Å². The van der Waals surface area contributed by atoms with Crippen LogP contribution in [0.3, 0.4) is 0 Å². The minimum absolute atomic E-state index is 0.0572. The van der Waals surface area contributed by atoms with E-state index in [1.807, 2.05) is 17.9 Å². The molecule has 28 heavy (non-hydrogen) atoms. The topological polar surface area (TPSA) is 71.1 Å². The van der Waals surface area contributed by atoms with Gasteiger partial charge in [-0.05, 0) is 31.5 Å². The van der Waals surface area contributed by atoms with E-state index in [-0.39, 0.29) is 17.6 Å². The van der Waals surface area contributed by atoms with E-state index in [0.717, 1.165) is 34.9 Å². The summed E-state index contributed by atoms with van der Waals surface area (Å²) >= 11 is 1.39. The van der Waals surface area contributed by atoms with Gasteiger partial charge in [0.2, 0.25) is 0 Å². The predicted molar refractivity (Wildman–Crippen MR) is 104 cm³/mol. The largest absolute Gasteiger partial charge is 0.493 e. The van der Waals surface area contributed by atoms with Crippen molar-refractivity contribution in [2.24, 2.45) is 0 Å². The number of hydrogen-bond donors (Lipinski definition) is 1. The van der Waals surface area contributed by atoms with Crippen LogP contribution in [-0.2, 0) is 6.42 Å². The van der Waals surface area contributed by atoms with Crippen LogP contribution in [0.1, 0.15) is 39.1 Å². The number of ether oxygens (including phenoxy) is 1. The highest BCUT2D eigenvalue weighted by molar-refractivity contribution is 7.11. The van der Waals surface area contributed by atoms with Crippen molar-refractivity contribution in [3.05, 3.63) is 63.6 Å². The lowest BCUT2D eigenvalue weighted by atomic mass is 10.0. The molecule has 1 unspecified atom stereocenters. The average molecular weight is 400 g/mol. The summed E-state index contributed by atoms with van der Waals surface area (Å²) in [5, 5.41) is 7.47. The first-order chi connectivity index (χ1) is 13.6. The highest BCUT2D eigenvalue weighted by atomic mass is 32.1. The van der Waals surface area contributed by atoms with Crippen molar-refractivity contribution >= 4 is 17.2 Å². The Labute approximate surface area is 166 Å². The fourth-order valence-electron chi connectivity index (χ4n) is 3.39. The summed E-state index contributed by atoms with van der Waals surface area (Å²) in [7, 11) is 0. The van der Waals surface area contributed by atoms with E-state index in [2.05, 4.69) is 15.2 Å². The fraction of sp³-hybridized carbons (Fsp3) is 0.350. The quantitative estimate of drug-likeness (QED) is 0.687. The maximum absolute atomic E-state index is 13.2. The van der Waals surface area contributed by atoms with E-state index in [4.69, 9.17) is 4.74 Å². The van der Waals surface area contributed by atoms with Gasteiger partial charge in [0.05, 0.1) is 23.5 Å². The summed E-state index contributed by atoms with van der Waals surface area (Å²) in [6.45, 7) is 3.69. The van der Waals surface area contributed by atoms with Crippen LogP contribution < -0.4 is 4.74 Å². The number of aromatic amines is 1. The second-order valence-corrected chi connectivity index (χ2v) is 7.73. The summed E-state index contributed by atoms with van der Waals surface area (Å²) in [4.78, 5) is 19.4. The summed E-state index contributed by atoms with van der Waals surface area (Å²) in [6.07, 6.45) is 1.55. The minimum Gasteiger partial charge on any atom is -0.493 e. The number of hydrogen-bond acceptors (Lipinski definition) is 5. The van der Waals surface area contributed by atoms with Crippen molar-refractivity contribution in [3.8, 4) is 5.75 Å². The normalized spacial score (nSPS) is 16.5. The molecule has 3 aromatic rings. The molecule has 3 heterocycles. The molecule has 0 aliphatic carbocycles. The molecule has 4 rings (SSSR count). The second kappa shape index (κ2) is 8.10. The molecular weight excluding hydrogens is 379 g/mol. The van der Waals surface area contributed by atoms with Crippen LogP contribution in [0.25, 0.3) is 0 Å². The molecule has 1 aliphatic heterocycles. The van der Waals surface area contributed by atoms with Gasteiger partial charge in [-0.1, -0.05) is 6.07 Å². The zero-order valence-electron chi connectivity index (χ0n) is 15.5.